The van der Waals surface area contributed by atoms with Crippen LogP contribution in [0.15, 0.2) is 18.2 Å². The first kappa shape index (κ1) is 13.9. The zero-order chi connectivity index (χ0) is 14.3. The quantitative estimate of drug-likeness (QED) is 0.926. The fourth-order valence-electron chi connectivity index (χ4n) is 3.97. The second kappa shape index (κ2) is 5.45. The van der Waals surface area contributed by atoms with Gasteiger partial charge in [0.25, 0.3) is 0 Å². The molecule has 2 saturated heterocycles. The number of rotatable bonds is 3. The number of anilines is 1. The Kier molecular flexibility index (Phi) is 3.60. The molecule has 3 aliphatic rings. The first-order valence-corrected chi connectivity index (χ1v) is 8.64. The predicted octanol–water partition coefficient (Wildman–Crippen LogP) is 2.88. The minimum Gasteiger partial charge on any atom is -0.365 e. The van der Waals surface area contributed by atoms with E-state index in [9.17, 15) is 0 Å². The molecule has 1 spiro atoms. The third kappa shape index (κ3) is 2.67. The fourth-order valence-corrected chi connectivity index (χ4v) is 4.19. The van der Waals surface area contributed by atoms with Crippen molar-refractivity contribution in [2.45, 2.75) is 37.8 Å². The van der Waals surface area contributed by atoms with Gasteiger partial charge in [0.2, 0.25) is 0 Å². The monoisotopic (exact) mass is 305 g/mol. The van der Waals surface area contributed by atoms with Gasteiger partial charge in [-0.05, 0) is 43.4 Å². The molecule has 3 fully saturated rings. The SMILES string of the molecule is Clc1ccc(CN2CCNCC2)cc1N1CCCC12CC2. The number of nitrogens with zero attached hydrogens (tertiary/aromatic N) is 2. The summed E-state index contributed by atoms with van der Waals surface area (Å²) < 4.78 is 0. The molecule has 0 unspecified atom stereocenters. The summed E-state index contributed by atoms with van der Waals surface area (Å²) in [6.45, 7) is 6.73. The van der Waals surface area contributed by atoms with Crippen molar-refractivity contribution < 1.29 is 0 Å². The lowest BCUT2D eigenvalue weighted by molar-refractivity contribution is 0.233. The second-order valence-electron chi connectivity index (χ2n) is 6.79. The van der Waals surface area contributed by atoms with Crippen LogP contribution in [-0.4, -0.2) is 43.2 Å². The van der Waals surface area contributed by atoms with Crippen LogP contribution in [0.5, 0.6) is 0 Å². The molecule has 0 amide bonds. The standard InChI is InChI=1S/C17H24ClN3/c18-15-3-2-14(13-20-10-7-19-8-11-20)12-16(15)21-9-1-4-17(21)5-6-17/h2-3,12,19H,1,4-11,13H2. The van der Waals surface area contributed by atoms with Crippen molar-refractivity contribution in [1.29, 1.82) is 0 Å². The lowest BCUT2D eigenvalue weighted by atomic mass is 10.1. The summed E-state index contributed by atoms with van der Waals surface area (Å²) in [5, 5.41) is 4.34. The highest BCUT2D eigenvalue weighted by Crippen LogP contribution is 2.52. The summed E-state index contributed by atoms with van der Waals surface area (Å²) in [6, 6.07) is 6.64. The first-order valence-electron chi connectivity index (χ1n) is 8.26. The van der Waals surface area contributed by atoms with E-state index in [2.05, 4.69) is 33.3 Å². The van der Waals surface area contributed by atoms with Gasteiger partial charge in [0.15, 0.2) is 0 Å². The summed E-state index contributed by atoms with van der Waals surface area (Å²) in [5.41, 5.74) is 3.15. The van der Waals surface area contributed by atoms with Crippen LogP contribution < -0.4 is 10.2 Å². The smallest absolute Gasteiger partial charge is 0.0639 e. The molecule has 4 rings (SSSR count). The average molecular weight is 306 g/mol. The van der Waals surface area contributed by atoms with Crippen LogP contribution in [0.25, 0.3) is 0 Å². The number of nitrogens with one attached hydrogen (secondary N) is 1. The number of benzene rings is 1. The van der Waals surface area contributed by atoms with Crippen LogP contribution in [0.4, 0.5) is 5.69 Å². The van der Waals surface area contributed by atoms with Crippen LogP contribution >= 0.6 is 11.6 Å². The molecule has 0 bridgehead atoms. The molecule has 2 heterocycles. The molecule has 0 atom stereocenters. The lowest BCUT2D eigenvalue weighted by Gasteiger charge is -2.30. The Morgan fingerprint density at radius 1 is 1.10 bits per heavy atom. The Hall–Kier alpha value is -0.770. The Labute approximate surface area is 132 Å². The van der Waals surface area contributed by atoms with E-state index in [0.717, 1.165) is 37.7 Å². The molecule has 0 aromatic heterocycles. The van der Waals surface area contributed by atoms with E-state index < -0.39 is 0 Å². The van der Waals surface area contributed by atoms with Crippen molar-refractivity contribution in [3.05, 3.63) is 28.8 Å². The topological polar surface area (TPSA) is 18.5 Å². The Morgan fingerprint density at radius 3 is 2.67 bits per heavy atom. The Bertz CT molecular complexity index is 521. The largest absolute Gasteiger partial charge is 0.365 e. The third-order valence-electron chi connectivity index (χ3n) is 5.34. The van der Waals surface area contributed by atoms with Crippen molar-refractivity contribution in [3.63, 3.8) is 0 Å². The molecule has 1 aromatic carbocycles. The van der Waals surface area contributed by atoms with Gasteiger partial charge in [-0.2, -0.15) is 0 Å². The molecular formula is C17H24ClN3. The number of hydrogen-bond acceptors (Lipinski definition) is 3. The Balaban J connectivity index is 1.55. The van der Waals surface area contributed by atoms with Gasteiger partial charge in [-0.25, -0.2) is 0 Å². The molecule has 1 aliphatic carbocycles. The van der Waals surface area contributed by atoms with E-state index in [4.69, 9.17) is 11.6 Å². The predicted molar refractivity (Wildman–Crippen MR) is 88.1 cm³/mol. The number of piperazine rings is 1. The molecule has 4 heteroatoms. The zero-order valence-electron chi connectivity index (χ0n) is 12.6. The van der Waals surface area contributed by atoms with Crippen molar-refractivity contribution >= 4 is 17.3 Å². The average Bonchev–Trinajstić information content (AvgIpc) is 3.15. The van der Waals surface area contributed by atoms with Crippen LogP contribution in [-0.2, 0) is 6.54 Å². The lowest BCUT2D eigenvalue weighted by Crippen LogP contribution is -2.42. The third-order valence-corrected chi connectivity index (χ3v) is 5.66. The first-order chi connectivity index (χ1) is 10.3. The maximum atomic E-state index is 6.51. The highest BCUT2D eigenvalue weighted by molar-refractivity contribution is 6.33. The molecule has 2 aliphatic heterocycles. The van der Waals surface area contributed by atoms with Gasteiger partial charge in [-0.15, -0.1) is 0 Å². The van der Waals surface area contributed by atoms with Crippen molar-refractivity contribution in [3.8, 4) is 0 Å². The van der Waals surface area contributed by atoms with E-state index in [1.54, 1.807) is 0 Å². The normalized spacial score (nSPS) is 24.7. The van der Waals surface area contributed by atoms with Crippen molar-refractivity contribution in [2.24, 2.45) is 0 Å². The second-order valence-corrected chi connectivity index (χ2v) is 7.20. The fraction of sp³-hybridized carbons (Fsp3) is 0.647. The van der Waals surface area contributed by atoms with Gasteiger partial charge in [0.1, 0.15) is 0 Å². The van der Waals surface area contributed by atoms with Gasteiger partial charge < -0.3 is 10.2 Å². The van der Waals surface area contributed by atoms with Crippen LogP contribution in [0.2, 0.25) is 5.02 Å². The maximum absolute atomic E-state index is 6.51. The van der Waals surface area contributed by atoms with Gasteiger partial charge in [0.05, 0.1) is 10.7 Å². The van der Waals surface area contributed by atoms with Crippen LogP contribution in [0.3, 0.4) is 0 Å². The molecule has 3 nitrogen and oxygen atoms in total. The molecule has 1 saturated carbocycles. The van der Waals surface area contributed by atoms with Gasteiger partial charge in [-0.1, -0.05) is 17.7 Å². The molecule has 114 valence electrons. The van der Waals surface area contributed by atoms with Crippen molar-refractivity contribution in [2.75, 3.05) is 37.6 Å². The summed E-state index contributed by atoms with van der Waals surface area (Å²) in [7, 11) is 0. The van der Waals surface area contributed by atoms with Crippen molar-refractivity contribution in [1.82, 2.24) is 10.2 Å². The minimum absolute atomic E-state index is 0.470. The summed E-state index contributed by atoms with van der Waals surface area (Å²) >= 11 is 6.51. The molecule has 1 N–H and O–H groups in total. The van der Waals surface area contributed by atoms with E-state index in [-0.39, 0.29) is 0 Å². The summed E-state index contributed by atoms with van der Waals surface area (Å²) in [4.78, 5) is 5.12. The van der Waals surface area contributed by atoms with E-state index >= 15 is 0 Å². The van der Waals surface area contributed by atoms with E-state index in [1.165, 1.54) is 43.5 Å². The number of hydrogen-bond donors (Lipinski definition) is 1. The van der Waals surface area contributed by atoms with Crippen LogP contribution in [0, 0.1) is 0 Å². The summed E-state index contributed by atoms with van der Waals surface area (Å²) in [6.07, 6.45) is 5.38. The molecule has 1 aromatic rings. The molecular weight excluding hydrogens is 282 g/mol. The Morgan fingerprint density at radius 2 is 1.90 bits per heavy atom. The molecule has 0 radical (unpaired) electrons. The van der Waals surface area contributed by atoms with Gasteiger partial charge >= 0.3 is 0 Å². The highest BCUT2D eigenvalue weighted by atomic mass is 35.5. The van der Waals surface area contributed by atoms with Crippen LogP contribution in [0.1, 0.15) is 31.2 Å². The molecule has 21 heavy (non-hydrogen) atoms. The minimum atomic E-state index is 0.470. The van der Waals surface area contributed by atoms with Gasteiger partial charge in [0, 0.05) is 44.8 Å². The highest BCUT2D eigenvalue weighted by Gasteiger charge is 2.51. The van der Waals surface area contributed by atoms with Gasteiger partial charge in [-0.3, -0.25) is 4.90 Å². The number of halogens is 1. The summed E-state index contributed by atoms with van der Waals surface area (Å²) in [5.74, 6) is 0. The maximum Gasteiger partial charge on any atom is 0.0639 e. The van der Waals surface area contributed by atoms with E-state index in [0.29, 0.717) is 5.54 Å². The zero-order valence-corrected chi connectivity index (χ0v) is 13.3. The van der Waals surface area contributed by atoms with E-state index in [1.807, 2.05) is 0 Å².